The van der Waals surface area contributed by atoms with Crippen LogP contribution in [-0.2, 0) is 10.0 Å². The molecule has 0 aliphatic carbocycles. The fourth-order valence-electron chi connectivity index (χ4n) is 2.36. The van der Waals surface area contributed by atoms with Gasteiger partial charge >= 0.3 is 0 Å². The minimum absolute atomic E-state index is 0.258. The molecule has 8 heteroatoms. The number of β-amino-alcohol motifs (C(OH)–C–C–N with tert-alkyl or cyclic N) is 1. The minimum Gasteiger partial charge on any atom is -0.389 e. The van der Waals surface area contributed by atoms with E-state index in [1.54, 1.807) is 13.8 Å². The molecule has 0 atom stereocenters. The van der Waals surface area contributed by atoms with Crippen molar-refractivity contribution in [3.63, 3.8) is 0 Å². The molecule has 0 saturated carbocycles. The first kappa shape index (κ1) is 16.3. The highest BCUT2D eigenvalue weighted by molar-refractivity contribution is 7.89. The normalized spacial score (nSPS) is 18.9. The lowest BCUT2D eigenvalue weighted by atomic mass is 10.1. The summed E-state index contributed by atoms with van der Waals surface area (Å²) >= 11 is 0. The molecule has 0 bridgehead atoms. The zero-order chi connectivity index (χ0) is 15.7. The highest BCUT2D eigenvalue weighted by atomic mass is 32.2. The van der Waals surface area contributed by atoms with E-state index in [2.05, 4.69) is 4.98 Å². The third-order valence-corrected chi connectivity index (χ3v) is 5.08. The van der Waals surface area contributed by atoms with Gasteiger partial charge in [0.2, 0.25) is 5.03 Å². The van der Waals surface area contributed by atoms with Crippen molar-refractivity contribution in [3.05, 3.63) is 24.1 Å². The Labute approximate surface area is 124 Å². The van der Waals surface area contributed by atoms with Crippen LogP contribution in [0.3, 0.4) is 0 Å². The van der Waals surface area contributed by atoms with E-state index in [9.17, 15) is 17.9 Å². The van der Waals surface area contributed by atoms with Crippen molar-refractivity contribution in [2.24, 2.45) is 0 Å². The van der Waals surface area contributed by atoms with E-state index in [0.29, 0.717) is 19.6 Å². The van der Waals surface area contributed by atoms with Gasteiger partial charge in [0.25, 0.3) is 10.0 Å². The van der Waals surface area contributed by atoms with Crippen LogP contribution in [0, 0.1) is 5.82 Å². The Hall–Kier alpha value is -1.09. The van der Waals surface area contributed by atoms with E-state index in [0.717, 1.165) is 6.07 Å². The van der Waals surface area contributed by atoms with Gasteiger partial charge in [0.15, 0.2) is 5.82 Å². The van der Waals surface area contributed by atoms with Crippen LogP contribution in [-0.4, -0.2) is 66.0 Å². The Morgan fingerprint density at radius 3 is 2.48 bits per heavy atom. The number of halogens is 1. The Morgan fingerprint density at radius 1 is 1.33 bits per heavy atom. The second kappa shape index (κ2) is 5.96. The number of hydrogen-bond donors (Lipinski definition) is 1. The molecule has 0 spiro atoms. The van der Waals surface area contributed by atoms with Crippen molar-refractivity contribution < 1.29 is 17.9 Å². The highest BCUT2D eigenvalue weighted by Gasteiger charge is 2.32. The van der Waals surface area contributed by atoms with E-state index >= 15 is 0 Å². The molecule has 21 heavy (non-hydrogen) atoms. The predicted molar refractivity (Wildman–Crippen MR) is 75.7 cm³/mol. The quantitative estimate of drug-likeness (QED) is 0.864. The topological polar surface area (TPSA) is 73.7 Å². The number of nitrogens with zero attached hydrogens (tertiary/aromatic N) is 3. The first-order valence-electron chi connectivity index (χ1n) is 6.75. The third-order valence-electron chi connectivity index (χ3n) is 3.25. The van der Waals surface area contributed by atoms with Gasteiger partial charge in [-0.3, -0.25) is 4.90 Å². The molecule has 1 aliphatic heterocycles. The molecule has 2 rings (SSSR count). The van der Waals surface area contributed by atoms with Gasteiger partial charge < -0.3 is 5.11 Å². The molecular weight excluding hydrogens is 297 g/mol. The SMILES string of the molecule is CC(C)(O)CN1CCN(S(=O)(=O)c2ncccc2F)CC1. The van der Waals surface area contributed by atoms with Crippen LogP contribution in [0.5, 0.6) is 0 Å². The summed E-state index contributed by atoms with van der Waals surface area (Å²) in [7, 11) is -3.90. The molecule has 0 aromatic carbocycles. The van der Waals surface area contributed by atoms with Crippen molar-refractivity contribution in [3.8, 4) is 0 Å². The molecule has 2 heterocycles. The molecular formula is C13H20FN3O3S. The Kier molecular flexibility index (Phi) is 4.62. The Balaban J connectivity index is 2.07. The van der Waals surface area contributed by atoms with Crippen molar-refractivity contribution >= 4 is 10.0 Å². The number of aliphatic hydroxyl groups is 1. The van der Waals surface area contributed by atoms with Gasteiger partial charge in [-0.2, -0.15) is 4.31 Å². The molecule has 0 unspecified atom stereocenters. The molecule has 1 aliphatic rings. The van der Waals surface area contributed by atoms with Crippen LogP contribution in [0.4, 0.5) is 4.39 Å². The van der Waals surface area contributed by atoms with Gasteiger partial charge in [-0.25, -0.2) is 17.8 Å². The molecule has 1 aromatic heterocycles. The first-order valence-corrected chi connectivity index (χ1v) is 8.19. The summed E-state index contributed by atoms with van der Waals surface area (Å²) in [4.78, 5) is 5.63. The zero-order valence-electron chi connectivity index (χ0n) is 12.2. The maximum atomic E-state index is 13.6. The van der Waals surface area contributed by atoms with Crippen LogP contribution in [0.25, 0.3) is 0 Å². The van der Waals surface area contributed by atoms with E-state index in [1.807, 2.05) is 4.90 Å². The smallest absolute Gasteiger partial charge is 0.263 e. The van der Waals surface area contributed by atoms with Crippen molar-refractivity contribution in [1.29, 1.82) is 0 Å². The van der Waals surface area contributed by atoms with Gasteiger partial charge in [-0.15, -0.1) is 0 Å². The number of piperazine rings is 1. The van der Waals surface area contributed by atoms with Crippen LogP contribution in [0.2, 0.25) is 0 Å². The molecule has 1 fully saturated rings. The van der Waals surface area contributed by atoms with Crippen molar-refractivity contribution in [2.45, 2.75) is 24.5 Å². The van der Waals surface area contributed by atoms with Crippen LogP contribution in [0.1, 0.15) is 13.8 Å². The summed E-state index contributed by atoms with van der Waals surface area (Å²) in [6, 6.07) is 2.44. The number of pyridine rings is 1. The lowest BCUT2D eigenvalue weighted by Gasteiger charge is -2.36. The second-order valence-corrected chi connectivity index (χ2v) is 7.64. The molecule has 1 N–H and O–H groups in total. The summed E-state index contributed by atoms with van der Waals surface area (Å²) in [5.74, 6) is -0.837. The predicted octanol–water partition coefficient (Wildman–Crippen LogP) is 0.298. The Bertz CT molecular complexity index is 593. The molecule has 0 radical (unpaired) electrons. The number of sulfonamides is 1. The lowest BCUT2D eigenvalue weighted by molar-refractivity contribution is 0.0262. The van der Waals surface area contributed by atoms with Gasteiger partial charge in [-0.1, -0.05) is 0 Å². The largest absolute Gasteiger partial charge is 0.389 e. The lowest BCUT2D eigenvalue weighted by Crippen LogP contribution is -2.52. The van der Waals surface area contributed by atoms with Crippen molar-refractivity contribution in [2.75, 3.05) is 32.7 Å². The van der Waals surface area contributed by atoms with E-state index in [1.165, 1.54) is 16.6 Å². The standard InChI is InChI=1S/C13H20FN3O3S/c1-13(2,18)10-16-6-8-17(9-7-16)21(19,20)12-11(14)4-3-5-15-12/h3-5,18H,6-10H2,1-2H3. The molecule has 1 aromatic rings. The molecule has 1 saturated heterocycles. The second-order valence-electron chi connectivity index (χ2n) is 5.78. The summed E-state index contributed by atoms with van der Waals surface area (Å²) in [5, 5.41) is 9.25. The number of rotatable bonds is 4. The summed E-state index contributed by atoms with van der Waals surface area (Å²) < 4.78 is 39.6. The van der Waals surface area contributed by atoms with E-state index in [-0.39, 0.29) is 13.1 Å². The van der Waals surface area contributed by atoms with Gasteiger partial charge in [-0.05, 0) is 26.0 Å². The van der Waals surface area contributed by atoms with E-state index in [4.69, 9.17) is 0 Å². The van der Waals surface area contributed by atoms with Crippen molar-refractivity contribution in [1.82, 2.24) is 14.2 Å². The fourth-order valence-corrected chi connectivity index (χ4v) is 3.76. The van der Waals surface area contributed by atoms with Crippen LogP contribution < -0.4 is 0 Å². The highest BCUT2D eigenvalue weighted by Crippen LogP contribution is 2.18. The average Bonchev–Trinajstić information content (AvgIpc) is 2.37. The Morgan fingerprint density at radius 2 is 1.95 bits per heavy atom. The zero-order valence-corrected chi connectivity index (χ0v) is 13.0. The first-order chi connectivity index (χ1) is 9.70. The summed E-state index contributed by atoms with van der Waals surface area (Å²) in [6.45, 7) is 5.40. The number of aromatic nitrogens is 1. The summed E-state index contributed by atoms with van der Waals surface area (Å²) in [6.07, 6.45) is 1.26. The number of hydrogen-bond acceptors (Lipinski definition) is 5. The molecule has 0 amide bonds. The van der Waals surface area contributed by atoms with Crippen LogP contribution in [0.15, 0.2) is 23.4 Å². The van der Waals surface area contributed by atoms with Crippen LogP contribution >= 0.6 is 0 Å². The van der Waals surface area contributed by atoms with Gasteiger partial charge in [0.05, 0.1) is 5.60 Å². The van der Waals surface area contributed by atoms with E-state index < -0.39 is 26.5 Å². The summed E-state index contributed by atoms with van der Waals surface area (Å²) in [5.41, 5.74) is -0.825. The average molecular weight is 317 g/mol. The molecule has 6 nitrogen and oxygen atoms in total. The fraction of sp³-hybridized carbons (Fsp3) is 0.615. The maximum absolute atomic E-state index is 13.6. The minimum atomic E-state index is -3.90. The van der Waals surface area contributed by atoms with Gasteiger partial charge in [0, 0.05) is 38.9 Å². The monoisotopic (exact) mass is 317 g/mol. The molecule has 118 valence electrons. The maximum Gasteiger partial charge on any atom is 0.263 e. The van der Waals surface area contributed by atoms with Gasteiger partial charge in [0.1, 0.15) is 0 Å². The third kappa shape index (κ3) is 3.97.